The maximum absolute atomic E-state index is 11.2. The molecule has 1 heterocycles. The highest BCUT2D eigenvalue weighted by atomic mass is 35.5. The molecule has 1 fully saturated rings. The number of nitrogens with zero attached hydrogens (tertiary/aromatic N) is 3. The van der Waals surface area contributed by atoms with Crippen LogP contribution >= 0.6 is 12.4 Å². The van der Waals surface area contributed by atoms with E-state index < -0.39 is 32.8 Å². The molecule has 1 aromatic carbocycles. The van der Waals surface area contributed by atoms with Gasteiger partial charge in [0, 0.05) is 38.3 Å². The van der Waals surface area contributed by atoms with Crippen LogP contribution in [-0.2, 0) is 0 Å². The van der Waals surface area contributed by atoms with E-state index in [0.717, 1.165) is 12.1 Å². The molecule has 0 atom stereocenters. The number of carboxylic acids is 1. The summed E-state index contributed by atoms with van der Waals surface area (Å²) in [6, 6.07) is 1.71. The summed E-state index contributed by atoms with van der Waals surface area (Å²) in [6.45, 7) is 1.81. The monoisotopic (exact) mass is 332 g/mol. The average Bonchev–Trinajstić information content (AvgIpc) is 2.46. The SMILES string of the molecule is Cl.O=C(O)c1cc([N+](=O)[O-])c(N2CCNCC2)c([N+](=O)[O-])c1. The molecule has 1 aliphatic rings. The molecule has 1 aliphatic heterocycles. The van der Waals surface area contributed by atoms with Crippen molar-refractivity contribution in [3.05, 3.63) is 37.9 Å². The first-order valence-corrected chi connectivity index (χ1v) is 6.07. The second-order valence-corrected chi connectivity index (χ2v) is 4.42. The van der Waals surface area contributed by atoms with Crippen LogP contribution in [0.2, 0.25) is 0 Å². The molecule has 1 saturated heterocycles. The van der Waals surface area contributed by atoms with Crippen LogP contribution in [0.1, 0.15) is 10.4 Å². The number of nitrogens with one attached hydrogen (secondary N) is 1. The quantitative estimate of drug-likeness (QED) is 0.615. The lowest BCUT2D eigenvalue weighted by molar-refractivity contribution is -0.392. The predicted octanol–water partition coefficient (Wildman–Crippen LogP) is 1.03. The summed E-state index contributed by atoms with van der Waals surface area (Å²) < 4.78 is 0. The summed E-state index contributed by atoms with van der Waals surface area (Å²) in [7, 11) is 0. The van der Waals surface area contributed by atoms with Crippen LogP contribution < -0.4 is 10.2 Å². The lowest BCUT2D eigenvalue weighted by Crippen LogP contribution is -2.44. The summed E-state index contributed by atoms with van der Waals surface area (Å²) in [5, 5.41) is 34.3. The number of carboxylic acid groups (broad SMARTS) is 1. The van der Waals surface area contributed by atoms with E-state index in [1.165, 1.54) is 4.90 Å². The van der Waals surface area contributed by atoms with Crippen LogP contribution in [0.4, 0.5) is 17.1 Å². The Morgan fingerprint density at radius 3 is 1.95 bits per heavy atom. The Morgan fingerprint density at radius 1 is 1.14 bits per heavy atom. The lowest BCUT2D eigenvalue weighted by atomic mass is 10.1. The number of halogens is 1. The standard InChI is InChI=1S/C11H12N4O6.ClH/c16-11(17)7-5-8(14(18)19)10(9(6-7)15(20)21)13-3-1-12-2-4-13;/h5-6,12H,1-4H2,(H,16,17);1H. The van der Waals surface area contributed by atoms with Crippen molar-refractivity contribution >= 4 is 35.4 Å². The van der Waals surface area contributed by atoms with Gasteiger partial charge in [-0.25, -0.2) is 4.79 Å². The van der Waals surface area contributed by atoms with Crippen LogP contribution in [0.25, 0.3) is 0 Å². The number of nitro groups is 2. The number of aromatic carboxylic acids is 1. The maximum atomic E-state index is 11.2. The molecule has 10 nitrogen and oxygen atoms in total. The Morgan fingerprint density at radius 2 is 1.59 bits per heavy atom. The molecule has 0 aliphatic carbocycles. The highest BCUT2D eigenvalue weighted by molar-refractivity contribution is 5.92. The fourth-order valence-corrected chi connectivity index (χ4v) is 2.22. The van der Waals surface area contributed by atoms with Crippen LogP contribution in [0.3, 0.4) is 0 Å². The van der Waals surface area contributed by atoms with Crippen molar-refractivity contribution in [2.24, 2.45) is 0 Å². The van der Waals surface area contributed by atoms with E-state index in [9.17, 15) is 25.0 Å². The predicted molar refractivity (Wildman–Crippen MR) is 79.0 cm³/mol. The second-order valence-electron chi connectivity index (χ2n) is 4.42. The topological polar surface area (TPSA) is 139 Å². The van der Waals surface area contributed by atoms with Gasteiger partial charge in [0.05, 0.1) is 15.4 Å². The first kappa shape index (κ1) is 17.6. The molecule has 11 heteroatoms. The molecule has 0 unspecified atom stereocenters. The summed E-state index contributed by atoms with van der Waals surface area (Å²) in [5.41, 5.74) is -1.75. The molecule has 0 bridgehead atoms. The van der Waals surface area contributed by atoms with Gasteiger partial charge in [-0.15, -0.1) is 12.4 Å². The number of hydrogen-bond donors (Lipinski definition) is 2. The Kier molecular flexibility index (Phi) is 5.60. The number of hydrogen-bond acceptors (Lipinski definition) is 7. The molecule has 0 amide bonds. The van der Waals surface area contributed by atoms with E-state index in [1.807, 2.05) is 0 Å². The van der Waals surface area contributed by atoms with E-state index in [-0.39, 0.29) is 18.1 Å². The van der Waals surface area contributed by atoms with Crippen LogP contribution in [0.5, 0.6) is 0 Å². The van der Waals surface area contributed by atoms with Gasteiger partial charge in [0.2, 0.25) is 0 Å². The van der Waals surface area contributed by atoms with Gasteiger partial charge in [-0.2, -0.15) is 0 Å². The first-order valence-electron chi connectivity index (χ1n) is 6.07. The molecule has 22 heavy (non-hydrogen) atoms. The van der Waals surface area contributed by atoms with Gasteiger partial charge in [-0.3, -0.25) is 20.2 Å². The summed E-state index contributed by atoms with van der Waals surface area (Å²) in [4.78, 5) is 33.2. The van der Waals surface area contributed by atoms with E-state index in [0.29, 0.717) is 26.2 Å². The first-order chi connectivity index (χ1) is 9.91. The van der Waals surface area contributed by atoms with Crippen molar-refractivity contribution < 1.29 is 19.7 Å². The number of anilines is 1. The summed E-state index contributed by atoms with van der Waals surface area (Å²) in [5.74, 6) is -1.45. The minimum absolute atomic E-state index is 0. The normalized spacial score (nSPS) is 14.1. The molecule has 0 saturated carbocycles. The Hall–Kier alpha value is -2.46. The van der Waals surface area contributed by atoms with Crippen molar-refractivity contribution in [3.63, 3.8) is 0 Å². The van der Waals surface area contributed by atoms with E-state index >= 15 is 0 Å². The minimum Gasteiger partial charge on any atom is -0.478 e. The van der Waals surface area contributed by atoms with Crippen LogP contribution in [-0.4, -0.2) is 47.1 Å². The fourth-order valence-electron chi connectivity index (χ4n) is 2.22. The highest BCUT2D eigenvalue weighted by Crippen LogP contribution is 2.38. The van der Waals surface area contributed by atoms with Gasteiger partial charge in [-0.05, 0) is 0 Å². The number of piperazine rings is 1. The molecule has 2 N–H and O–H groups in total. The molecular formula is C11H13ClN4O6. The maximum Gasteiger partial charge on any atom is 0.336 e. The zero-order valence-corrected chi connectivity index (χ0v) is 12.0. The highest BCUT2D eigenvalue weighted by Gasteiger charge is 2.32. The van der Waals surface area contributed by atoms with Gasteiger partial charge in [0.15, 0.2) is 5.69 Å². The zero-order valence-electron chi connectivity index (χ0n) is 11.2. The second kappa shape index (κ2) is 7.00. The third-order valence-electron chi connectivity index (χ3n) is 3.14. The van der Waals surface area contributed by atoms with Crippen molar-refractivity contribution in [2.45, 2.75) is 0 Å². The van der Waals surface area contributed by atoms with Crippen LogP contribution in [0.15, 0.2) is 12.1 Å². The number of rotatable bonds is 4. The average molecular weight is 333 g/mol. The van der Waals surface area contributed by atoms with E-state index in [4.69, 9.17) is 5.11 Å². The molecule has 1 aromatic rings. The lowest BCUT2D eigenvalue weighted by Gasteiger charge is -2.28. The third-order valence-corrected chi connectivity index (χ3v) is 3.14. The minimum atomic E-state index is -1.45. The van der Waals surface area contributed by atoms with Gasteiger partial charge >= 0.3 is 17.3 Å². The molecule has 120 valence electrons. The Bertz CT molecular complexity index is 582. The Balaban J connectivity index is 0.00000242. The van der Waals surface area contributed by atoms with Crippen LogP contribution in [0, 0.1) is 20.2 Å². The fraction of sp³-hybridized carbons (Fsp3) is 0.364. The molecular weight excluding hydrogens is 320 g/mol. The molecule has 0 spiro atoms. The zero-order chi connectivity index (χ0) is 15.6. The van der Waals surface area contributed by atoms with Gasteiger partial charge in [0.25, 0.3) is 0 Å². The third kappa shape index (κ3) is 3.40. The number of nitro benzene ring substituents is 2. The smallest absolute Gasteiger partial charge is 0.336 e. The number of carbonyl (C=O) groups is 1. The summed E-state index contributed by atoms with van der Waals surface area (Å²) >= 11 is 0. The van der Waals surface area contributed by atoms with Gasteiger partial charge in [-0.1, -0.05) is 0 Å². The van der Waals surface area contributed by atoms with Gasteiger partial charge < -0.3 is 15.3 Å². The molecule has 0 aromatic heterocycles. The van der Waals surface area contributed by atoms with Crippen molar-refractivity contribution in [1.82, 2.24) is 5.32 Å². The number of benzene rings is 1. The van der Waals surface area contributed by atoms with Crippen molar-refractivity contribution in [2.75, 3.05) is 31.1 Å². The molecule has 0 radical (unpaired) electrons. The van der Waals surface area contributed by atoms with Gasteiger partial charge in [0.1, 0.15) is 0 Å². The van der Waals surface area contributed by atoms with E-state index in [1.54, 1.807) is 0 Å². The van der Waals surface area contributed by atoms with Crippen molar-refractivity contribution in [1.29, 1.82) is 0 Å². The summed E-state index contributed by atoms with van der Waals surface area (Å²) in [6.07, 6.45) is 0. The van der Waals surface area contributed by atoms with E-state index in [2.05, 4.69) is 5.32 Å². The molecule has 2 rings (SSSR count). The largest absolute Gasteiger partial charge is 0.478 e. The Labute approximate surface area is 130 Å². The van der Waals surface area contributed by atoms with Crippen molar-refractivity contribution in [3.8, 4) is 0 Å².